The molecule has 0 amide bonds. The maximum absolute atomic E-state index is 9.76. The number of aliphatic carboxylic acids is 1. The Morgan fingerprint density at radius 3 is 2.25 bits per heavy atom. The van der Waals surface area contributed by atoms with Gasteiger partial charge in [-0.05, 0) is 6.42 Å². The van der Waals surface area contributed by atoms with Gasteiger partial charge in [-0.1, -0.05) is 13.3 Å². The number of carboxylic acids is 1. The van der Waals surface area contributed by atoms with Crippen molar-refractivity contribution in [3.05, 3.63) is 0 Å². The Labute approximate surface area is 77.3 Å². The maximum atomic E-state index is 9.76. The summed E-state index contributed by atoms with van der Waals surface area (Å²) in [7, 11) is 0. The SMILES string of the molecule is CCCCC(=O)O.[La]. The van der Waals surface area contributed by atoms with Gasteiger partial charge in [0.1, 0.15) is 0 Å². The molecule has 0 heterocycles. The number of hydrogen-bond donors (Lipinski definition) is 1. The molecular formula is C5H10LaO2. The fourth-order valence-electron chi connectivity index (χ4n) is 0.328. The molecule has 45 valence electrons. The van der Waals surface area contributed by atoms with E-state index in [4.69, 9.17) is 5.11 Å². The molecule has 0 aromatic heterocycles. The molecule has 0 bridgehead atoms. The maximum Gasteiger partial charge on any atom is 0.303 e. The molecule has 0 atom stereocenters. The zero-order chi connectivity index (χ0) is 5.70. The molecule has 0 spiro atoms. The van der Waals surface area contributed by atoms with Crippen molar-refractivity contribution in [2.45, 2.75) is 26.2 Å². The normalized spacial score (nSPS) is 7.62. The van der Waals surface area contributed by atoms with E-state index in [0.717, 1.165) is 12.8 Å². The van der Waals surface area contributed by atoms with Crippen LogP contribution in [0.5, 0.6) is 0 Å². The van der Waals surface area contributed by atoms with Gasteiger partial charge in [-0.3, -0.25) is 4.79 Å². The van der Waals surface area contributed by atoms with Crippen molar-refractivity contribution in [2.24, 2.45) is 0 Å². The van der Waals surface area contributed by atoms with Crippen molar-refractivity contribution in [3.63, 3.8) is 0 Å². The molecule has 0 aliphatic carbocycles. The van der Waals surface area contributed by atoms with Gasteiger partial charge in [0.05, 0.1) is 0 Å². The molecule has 0 rings (SSSR count). The summed E-state index contributed by atoms with van der Waals surface area (Å²) in [5.41, 5.74) is 0. The topological polar surface area (TPSA) is 37.3 Å². The van der Waals surface area contributed by atoms with Crippen molar-refractivity contribution >= 4 is 5.97 Å². The summed E-state index contributed by atoms with van der Waals surface area (Å²) in [4.78, 5) is 9.76. The van der Waals surface area contributed by atoms with Crippen LogP contribution in [0.1, 0.15) is 26.2 Å². The van der Waals surface area contributed by atoms with Crippen LogP contribution in [0.4, 0.5) is 0 Å². The first-order chi connectivity index (χ1) is 3.27. The largest absolute Gasteiger partial charge is 0.481 e. The van der Waals surface area contributed by atoms with E-state index in [0.29, 0.717) is 6.42 Å². The second-order valence-electron chi connectivity index (χ2n) is 1.50. The molecule has 0 saturated carbocycles. The third kappa shape index (κ3) is 9.83. The Bertz CT molecular complexity index is 63.4. The molecule has 1 radical (unpaired) electrons. The third-order valence-corrected chi connectivity index (χ3v) is 0.744. The first kappa shape index (κ1) is 11.5. The van der Waals surface area contributed by atoms with Gasteiger partial charge in [0.2, 0.25) is 0 Å². The Hall–Kier alpha value is 0.665. The molecule has 0 aliphatic rings. The van der Waals surface area contributed by atoms with Crippen LogP contribution in [0.2, 0.25) is 0 Å². The second kappa shape index (κ2) is 7.66. The molecule has 8 heavy (non-hydrogen) atoms. The van der Waals surface area contributed by atoms with Crippen molar-refractivity contribution in [3.8, 4) is 0 Å². The molecule has 0 aliphatic heterocycles. The van der Waals surface area contributed by atoms with Crippen molar-refractivity contribution in [2.75, 3.05) is 0 Å². The number of carboxylic acid groups (broad SMARTS) is 1. The van der Waals surface area contributed by atoms with Crippen LogP contribution in [0, 0.1) is 35.6 Å². The fourth-order valence-corrected chi connectivity index (χ4v) is 0.328. The van der Waals surface area contributed by atoms with Crippen LogP contribution in [-0.2, 0) is 4.79 Å². The number of unbranched alkanes of at least 4 members (excludes halogenated alkanes) is 1. The van der Waals surface area contributed by atoms with E-state index in [2.05, 4.69) is 0 Å². The summed E-state index contributed by atoms with van der Waals surface area (Å²) >= 11 is 0. The monoisotopic (exact) mass is 241 g/mol. The molecule has 0 unspecified atom stereocenters. The third-order valence-electron chi connectivity index (χ3n) is 0.744. The van der Waals surface area contributed by atoms with Gasteiger partial charge >= 0.3 is 5.97 Å². The van der Waals surface area contributed by atoms with Gasteiger partial charge in [-0.25, -0.2) is 0 Å². The van der Waals surface area contributed by atoms with Gasteiger partial charge in [0, 0.05) is 42.0 Å². The van der Waals surface area contributed by atoms with Crippen LogP contribution < -0.4 is 0 Å². The van der Waals surface area contributed by atoms with E-state index in [9.17, 15) is 4.79 Å². The molecule has 0 aromatic rings. The summed E-state index contributed by atoms with van der Waals surface area (Å²) in [5, 5.41) is 8.04. The molecule has 0 aromatic carbocycles. The van der Waals surface area contributed by atoms with Gasteiger partial charge in [0.25, 0.3) is 0 Å². The fraction of sp³-hybridized carbons (Fsp3) is 0.800. The quantitative estimate of drug-likeness (QED) is 0.807. The number of carbonyl (C=O) groups is 1. The molecule has 0 saturated heterocycles. The Balaban J connectivity index is 0. The molecule has 2 nitrogen and oxygen atoms in total. The summed E-state index contributed by atoms with van der Waals surface area (Å²) in [6, 6.07) is 0. The smallest absolute Gasteiger partial charge is 0.303 e. The van der Waals surface area contributed by atoms with Crippen LogP contribution in [-0.4, -0.2) is 11.1 Å². The first-order valence-electron chi connectivity index (χ1n) is 2.49. The average molecular weight is 241 g/mol. The first-order valence-corrected chi connectivity index (χ1v) is 2.49. The van der Waals surface area contributed by atoms with Crippen molar-refractivity contribution in [1.29, 1.82) is 0 Å². The van der Waals surface area contributed by atoms with Crippen LogP contribution >= 0.6 is 0 Å². The molecule has 0 fully saturated rings. The van der Waals surface area contributed by atoms with E-state index < -0.39 is 5.97 Å². The molecule has 1 N–H and O–H groups in total. The van der Waals surface area contributed by atoms with Crippen LogP contribution in [0.15, 0.2) is 0 Å². The van der Waals surface area contributed by atoms with Gasteiger partial charge in [-0.2, -0.15) is 0 Å². The standard InChI is InChI=1S/C5H10O2.La/c1-2-3-4-5(6)7;/h2-4H2,1H3,(H,6,7);. The summed E-state index contributed by atoms with van der Waals surface area (Å²) < 4.78 is 0. The summed E-state index contributed by atoms with van der Waals surface area (Å²) in [5.74, 6) is -0.693. The molecule has 3 heteroatoms. The minimum absolute atomic E-state index is 0. The Kier molecular flexibility index (Phi) is 11.0. The minimum Gasteiger partial charge on any atom is -0.481 e. The summed E-state index contributed by atoms with van der Waals surface area (Å²) in [6.07, 6.45) is 2.08. The van der Waals surface area contributed by atoms with E-state index in [-0.39, 0.29) is 35.6 Å². The zero-order valence-electron chi connectivity index (χ0n) is 5.05. The van der Waals surface area contributed by atoms with Gasteiger partial charge in [-0.15, -0.1) is 0 Å². The van der Waals surface area contributed by atoms with E-state index in [1.807, 2.05) is 6.92 Å². The van der Waals surface area contributed by atoms with E-state index in [1.165, 1.54) is 0 Å². The van der Waals surface area contributed by atoms with E-state index >= 15 is 0 Å². The van der Waals surface area contributed by atoms with E-state index in [1.54, 1.807) is 0 Å². The Morgan fingerprint density at radius 2 is 2.12 bits per heavy atom. The predicted molar refractivity (Wildman–Crippen MR) is 27.2 cm³/mol. The van der Waals surface area contributed by atoms with Crippen molar-refractivity contribution in [1.82, 2.24) is 0 Å². The second-order valence-corrected chi connectivity index (χ2v) is 1.50. The Morgan fingerprint density at radius 1 is 1.62 bits per heavy atom. The van der Waals surface area contributed by atoms with Gasteiger partial charge in [0.15, 0.2) is 0 Å². The van der Waals surface area contributed by atoms with Gasteiger partial charge < -0.3 is 5.11 Å². The van der Waals surface area contributed by atoms with Crippen LogP contribution in [0.3, 0.4) is 0 Å². The summed E-state index contributed by atoms with van der Waals surface area (Å²) in [6.45, 7) is 1.98. The zero-order valence-corrected chi connectivity index (χ0v) is 8.68. The molecular weight excluding hydrogens is 231 g/mol. The number of hydrogen-bond acceptors (Lipinski definition) is 1. The van der Waals surface area contributed by atoms with Crippen molar-refractivity contribution < 1.29 is 45.5 Å². The van der Waals surface area contributed by atoms with Crippen LogP contribution in [0.25, 0.3) is 0 Å². The number of rotatable bonds is 3. The average Bonchev–Trinajstić information content (AvgIpc) is 1.61. The minimum atomic E-state index is -0.693. The predicted octanol–water partition coefficient (Wildman–Crippen LogP) is 1.26.